The lowest BCUT2D eigenvalue weighted by Crippen LogP contribution is -2.21. The van der Waals surface area contributed by atoms with E-state index >= 15 is 0 Å². The third-order valence-electron chi connectivity index (χ3n) is 2.81. The van der Waals surface area contributed by atoms with Gasteiger partial charge in [-0.15, -0.1) is 0 Å². The van der Waals surface area contributed by atoms with Crippen molar-refractivity contribution in [1.29, 1.82) is 0 Å². The minimum Gasteiger partial charge on any atom is -0.481 e. The first-order valence-electron chi connectivity index (χ1n) is 5.55. The predicted molar refractivity (Wildman–Crippen MR) is 55.0 cm³/mol. The number of hydrogen-bond donors (Lipinski definition) is 1. The number of carbonyl (C=O) groups is 1. The lowest BCUT2D eigenvalue weighted by atomic mass is 9.94. The molecule has 1 aromatic rings. The molecule has 0 atom stereocenters. The van der Waals surface area contributed by atoms with Crippen LogP contribution in [0.25, 0.3) is 0 Å². The van der Waals surface area contributed by atoms with Gasteiger partial charge in [-0.05, 0) is 25.7 Å². The second kappa shape index (κ2) is 4.55. The van der Waals surface area contributed by atoms with Crippen LogP contribution in [-0.2, 0) is 30.2 Å². The van der Waals surface area contributed by atoms with Gasteiger partial charge in [-0.2, -0.15) is 13.2 Å². The van der Waals surface area contributed by atoms with E-state index < -0.39 is 24.3 Å². The molecule has 0 amide bonds. The van der Waals surface area contributed by atoms with Crippen molar-refractivity contribution in [2.45, 2.75) is 38.3 Å². The van der Waals surface area contributed by atoms with Gasteiger partial charge in [-0.3, -0.25) is 4.79 Å². The van der Waals surface area contributed by atoms with Gasteiger partial charge in [-0.25, -0.2) is 9.97 Å². The minimum atomic E-state index is -4.56. The number of aryl methyl sites for hydroxylation is 1. The number of carboxylic acid groups (broad SMARTS) is 1. The van der Waals surface area contributed by atoms with E-state index in [-0.39, 0.29) is 11.4 Å². The molecule has 0 fully saturated rings. The van der Waals surface area contributed by atoms with Gasteiger partial charge in [0.25, 0.3) is 0 Å². The zero-order chi connectivity index (χ0) is 13.3. The van der Waals surface area contributed by atoms with Crippen molar-refractivity contribution in [3.05, 3.63) is 22.8 Å². The van der Waals surface area contributed by atoms with Gasteiger partial charge in [0.15, 0.2) is 5.69 Å². The van der Waals surface area contributed by atoms with Crippen LogP contribution in [0.3, 0.4) is 0 Å². The van der Waals surface area contributed by atoms with Gasteiger partial charge >= 0.3 is 12.1 Å². The largest absolute Gasteiger partial charge is 0.481 e. The topological polar surface area (TPSA) is 63.1 Å². The zero-order valence-corrected chi connectivity index (χ0v) is 9.42. The summed E-state index contributed by atoms with van der Waals surface area (Å²) in [5.74, 6) is -1.51. The summed E-state index contributed by atoms with van der Waals surface area (Å²) < 4.78 is 38.6. The number of alkyl halides is 3. The summed E-state index contributed by atoms with van der Waals surface area (Å²) >= 11 is 0. The maximum atomic E-state index is 12.9. The lowest BCUT2D eigenvalue weighted by Gasteiger charge is -2.20. The summed E-state index contributed by atoms with van der Waals surface area (Å²) in [4.78, 5) is 17.9. The summed E-state index contributed by atoms with van der Waals surface area (Å²) in [6.45, 7) is 0. The van der Waals surface area contributed by atoms with Gasteiger partial charge in [0.05, 0.1) is 0 Å². The maximum absolute atomic E-state index is 12.9. The van der Waals surface area contributed by atoms with E-state index in [1.165, 1.54) is 0 Å². The number of halogens is 3. The molecule has 4 nitrogen and oxygen atoms in total. The van der Waals surface area contributed by atoms with Crippen LogP contribution in [0.5, 0.6) is 0 Å². The molecule has 0 saturated heterocycles. The van der Waals surface area contributed by atoms with Crippen LogP contribution in [0.4, 0.5) is 13.2 Å². The number of hydrogen-bond acceptors (Lipinski definition) is 3. The fourth-order valence-corrected chi connectivity index (χ4v) is 2.09. The second-order valence-corrected chi connectivity index (χ2v) is 4.19. The van der Waals surface area contributed by atoms with Crippen molar-refractivity contribution in [1.82, 2.24) is 9.97 Å². The van der Waals surface area contributed by atoms with Gasteiger partial charge in [-0.1, -0.05) is 0 Å². The Morgan fingerprint density at radius 1 is 1.22 bits per heavy atom. The number of carboxylic acids is 1. The lowest BCUT2D eigenvalue weighted by molar-refractivity contribution is -0.143. The third kappa shape index (κ3) is 2.60. The zero-order valence-electron chi connectivity index (χ0n) is 9.42. The molecule has 18 heavy (non-hydrogen) atoms. The Kier molecular flexibility index (Phi) is 3.23. The predicted octanol–water partition coefficient (Wildman–Crippen LogP) is 2.00. The molecule has 2 rings (SSSR count). The highest BCUT2D eigenvalue weighted by atomic mass is 19.4. The molecule has 98 valence electrons. The van der Waals surface area contributed by atoms with E-state index in [0.717, 1.165) is 6.42 Å². The molecule has 0 spiro atoms. The van der Waals surface area contributed by atoms with E-state index in [9.17, 15) is 18.0 Å². The molecule has 0 radical (unpaired) electrons. The van der Waals surface area contributed by atoms with Crippen LogP contribution in [0, 0.1) is 0 Å². The average Bonchev–Trinajstić information content (AvgIpc) is 2.25. The Balaban J connectivity index is 2.51. The van der Waals surface area contributed by atoms with Crippen LogP contribution in [0.2, 0.25) is 0 Å². The summed E-state index contributed by atoms with van der Waals surface area (Å²) in [7, 11) is 0. The normalized spacial score (nSPS) is 15.3. The Morgan fingerprint density at radius 3 is 2.50 bits per heavy atom. The third-order valence-corrected chi connectivity index (χ3v) is 2.81. The fourth-order valence-electron chi connectivity index (χ4n) is 2.09. The molecule has 1 heterocycles. The molecule has 0 bridgehead atoms. The van der Waals surface area contributed by atoms with Gasteiger partial charge in [0, 0.05) is 11.3 Å². The smallest absolute Gasteiger partial charge is 0.433 e. The van der Waals surface area contributed by atoms with Gasteiger partial charge in [0.2, 0.25) is 0 Å². The van der Waals surface area contributed by atoms with Crippen LogP contribution in [0.1, 0.15) is 35.6 Å². The van der Waals surface area contributed by atoms with E-state index in [4.69, 9.17) is 5.11 Å². The Morgan fingerprint density at radius 2 is 1.89 bits per heavy atom. The highest BCUT2D eigenvalue weighted by molar-refractivity contribution is 5.69. The first-order chi connectivity index (χ1) is 8.38. The highest BCUT2D eigenvalue weighted by Crippen LogP contribution is 2.34. The number of aromatic nitrogens is 2. The summed E-state index contributed by atoms with van der Waals surface area (Å²) in [6.07, 6.45) is -2.94. The maximum Gasteiger partial charge on any atom is 0.433 e. The molecule has 0 unspecified atom stereocenters. The molecular weight excluding hydrogens is 249 g/mol. The van der Waals surface area contributed by atoms with Crippen molar-refractivity contribution >= 4 is 5.97 Å². The van der Waals surface area contributed by atoms with Crippen molar-refractivity contribution in [2.24, 2.45) is 0 Å². The molecule has 0 aromatic carbocycles. The number of rotatable bonds is 2. The standard InChI is InChI=1S/C11H11F3N2O2/c12-11(13,14)10-6-3-1-2-4-7(6)15-8(16-10)5-9(17)18/h1-5H2,(H,17,18). The summed E-state index contributed by atoms with van der Waals surface area (Å²) in [5, 5.41) is 8.60. The van der Waals surface area contributed by atoms with Gasteiger partial charge in [0.1, 0.15) is 12.2 Å². The quantitative estimate of drug-likeness (QED) is 0.883. The van der Waals surface area contributed by atoms with E-state index in [0.29, 0.717) is 25.0 Å². The second-order valence-electron chi connectivity index (χ2n) is 4.19. The van der Waals surface area contributed by atoms with E-state index in [1.54, 1.807) is 0 Å². The Hall–Kier alpha value is -1.66. The van der Waals surface area contributed by atoms with Crippen molar-refractivity contribution < 1.29 is 23.1 Å². The summed E-state index contributed by atoms with van der Waals surface area (Å²) in [5.41, 5.74) is -0.494. The summed E-state index contributed by atoms with van der Waals surface area (Å²) in [6, 6.07) is 0. The highest BCUT2D eigenvalue weighted by Gasteiger charge is 2.37. The van der Waals surface area contributed by atoms with Crippen LogP contribution < -0.4 is 0 Å². The molecule has 1 aliphatic rings. The molecule has 1 N–H and O–H groups in total. The minimum absolute atomic E-state index is 0.128. The van der Waals surface area contributed by atoms with Crippen LogP contribution in [-0.4, -0.2) is 21.0 Å². The molecule has 1 aromatic heterocycles. The fraction of sp³-hybridized carbons (Fsp3) is 0.545. The van der Waals surface area contributed by atoms with Crippen molar-refractivity contribution in [3.63, 3.8) is 0 Å². The monoisotopic (exact) mass is 260 g/mol. The molecule has 0 aliphatic heterocycles. The molecular formula is C11H11F3N2O2. The van der Waals surface area contributed by atoms with Crippen molar-refractivity contribution in [2.75, 3.05) is 0 Å². The van der Waals surface area contributed by atoms with Gasteiger partial charge < -0.3 is 5.11 Å². The Bertz CT molecular complexity index is 486. The average molecular weight is 260 g/mol. The molecule has 0 saturated carbocycles. The Labute approximate surface area is 101 Å². The SMILES string of the molecule is O=C(O)Cc1nc2c(c(C(F)(F)F)n1)CCCC2. The number of aliphatic carboxylic acids is 1. The van der Waals surface area contributed by atoms with E-state index in [2.05, 4.69) is 9.97 Å². The first kappa shape index (κ1) is 12.8. The van der Waals surface area contributed by atoms with Crippen LogP contribution in [0.15, 0.2) is 0 Å². The van der Waals surface area contributed by atoms with E-state index in [1.807, 2.05) is 0 Å². The number of nitrogens with zero attached hydrogens (tertiary/aromatic N) is 2. The first-order valence-corrected chi connectivity index (χ1v) is 5.55. The number of fused-ring (bicyclic) bond motifs is 1. The van der Waals surface area contributed by atoms with Crippen molar-refractivity contribution in [3.8, 4) is 0 Å². The van der Waals surface area contributed by atoms with Crippen LogP contribution >= 0.6 is 0 Å². The molecule has 1 aliphatic carbocycles. The molecule has 7 heteroatoms.